The second kappa shape index (κ2) is 5.51. The molecule has 1 heterocycles. The molecule has 2 aromatic rings. The molecular formula is C20H21NO3S. The Labute approximate surface area is 148 Å². The first-order chi connectivity index (χ1) is 11.9. The number of sulfonamides is 1. The van der Waals surface area contributed by atoms with Crippen LogP contribution in [0.4, 0.5) is 0 Å². The van der Waals surface area contributed by atoms with Gasteiger partial charge in [-0.2, -0.15) is 4.31 Å². The molecule has 0 amide bonds. The molecule has 4 rings (SSSR count). The number of aryl methyl sites for hydroxylation is 1. The van der Waals surface area contributed by atoms with Gasteiger partial charge in [0.25, 0.3) is 0 Å². The first-order valence-electron chi connectivity index (χ1n) is 8.50. The van der Waals surface area contributed by atoms with Gasteiger partial charge in [-0.25, -0.2) is 8.42 Å². The van der Waals surface area contributed by atoms with Gasteiger partial charge in [-0.3, -0.25) is 4.79 Å². The monoisotopic (exact) mass is 355 g/mol. The van der Waals surface area contributed by atoms with Crippen molar-refractivity contribution in [2.75, 3.05) is 13.1 Å². The van der Waals surface area contributed by atoms with E-state index in [1.165, 1.54) is 0 Å². The molecule has 0 bridgehead atoms. The van der Waals surface area contributed by atoms with Gasteiger partial charge in [0.1, 0.15) is 5.78 Å². The number of Topliss-reactive ketones (excluding diaryl/α,β-unsaturated/α-hetero) is 1. The zero-order chi connectivity index (χ0) is 17.8. The number of nitrogens with zero attached hydrogens (tertiary/aromatic N) is 1. The van der Waals surface area contributed by atoms with Crippen LogP contribution >= 0.6 is 0 Å². The molecular weight excluding hydrogens is 334 g/mol. The summed E-state index contributed by atoms with van der Waals surface area (Å²) in [6.45, 7) is 4.34. The maximum atomic E-state index is 13.0. The normalized spacial score (nSPS) is 28.6. The smallest absolute Gasteiger partial charge is 0.243 e. The lowest BCUT2D eigenvalue weighted by atomic mass is 9.92. The van der Waals surface area contributed by atoms with Crippen LogP contribution in [-0.2, 0) is 20.2 Å². The molecule has 0 radical (unpaired) electrons. The quantitative estimate of drug-likeness (QED) is 0.847. The van der Waals surface area contributed by atoms with Gasteiger partial charge in [-0.05, 0) is 37.5 Å². The lowest BCUT2D eigenvalue weighted by Crippen LogP contribution is -2.35. The topological polar surface area (TPSA) is 54.5 Å². The van der Waals surface area contributed by atoms with Crippen molar-refractivity contribution in [3.63, 3.8) is 0 Å². The van der Waals surface area contributed by atoms with Crippen LogP contribution in [-0.4, -0.2) is 31.6 Å². The maximum Gasteiger partial charge on any atom is 0.243 e. The molecule has 5 heteroatoms. The lowest BCUT2D eigenvalue weighted by molar-refractivity contribution is -0.119. The van der Waals surface area contributed by atoms with Gasteiger partial charge in [-0.1, -0.05) is 48.0 Å². The van der Waals surface area contributed by atoms with Crippen LogP contribution in [0.15, 0.2) is 59.5 Å². The summed E-state index contributed by atoms with van der Waals surface area (Å²) in [7, 11) is -3.53. The molecule has 1 aliphatic heterocycles. The second-order valence-electron chi connectivity index (χ2n) is 7.21. The third-order valence-electron chi connectivity index (χ3n) is 5.76. The fourth-order valence-corrected chi connectivity index (χ4v) is 6.02. The van der Waals surface area contributed by atoms with Gasteiger partial charge in [0.15, 0.2) is 0 Å². The number of carbonyl (C=O) groups is 1. The largest absolute Gasteiger partial charge is 0.300 e. The van der Waals surface area contributed by atoms with Gasteiger partial charge in [0.05, 0.1) is 4.90 Å². The van der Waals surface area contributed by atoms with Crippen molar-refractivity contribution in [2.45, 2.75) is 24.2 Å². The van der Waals surface area contributed by atoms with E-state index in [1.807, 2.05) is 49.4 Å². The van der Waals surface area contributed by atoms with Gasteiger partial charge in [-0.15, -0.1) is 0 Å². The molecule has 2 aromatic carbocycles. The van der Waals surface area contributed by atoms with Crippen LogP contribution in [0.3, 0.4) is 0 Å². The van der Waals surface area contributed by atoms with Crippen LogP contribution in [0, 0.1) is 18.8 Å². The number of ketones is 1. The third kappa shape index (κ3) is 2.37. The summed E-state index contributed by atoms with van der Waals surface area (Å²) in [5, 5.41) is 0. The summed E-state index contributed by atoms with van der Waals surface area (Å²) in [4.78, 5) is 12.4. The van der Waals surface area contributed by atoms with Crippen molar-refractivity contribution in [3.05, 3.63) is 65.7 Å². The summed E-state index contributed by atoms with van der Waals surface area (Å²) >= 11 is 0. The minimum absolute atomic E-state index is 0.0700. The average Bonchev–Trinajstić information content (AvgIpc) is 3.07. The molecule has 2 fully saturated rings. The van der Waals surface area contributed by atoms with Crippen LogP contribution in [0.2, 0.25) is 0 Å². The van der Waals surface area contributed by atoms with E-state index >= 15 is 0 Å². The summed E-state index contributed by atoms with van der Waals surface area (Å²) in [6, 6.07) is 16.8. The van der Waals surface area contributed by atoms with Crippen molar-refractivity contribution in [1.29, 1.82) is 0 Å². The van der Waals surface area contributed by atoms with Crippen LogP contribution in [0.1, 0.15) is 18.1 Å². The molecule has 2 aliphatic rings. The number of hydrogen-bond donors (Lipinski definition) is 0. The van der Waals surface area contributed by atoms with Crippen LogP contribution in [0.5, 0.6) is 0 Å². The standard InChI is InChI=1S/C20H21NO3S/c1-14-8-10-17(11-9-14)25(23,24)21-12-18-19(15(2)22)20(18,13-21)16-6-4-3-5-7-16/h3-11,18-19H,12-13H2,1-2H3/t18-,19-,20+/m0/s1. The van der Waals surface area contributed by atoms with Gasteiger partial charge in [0, 0.05) is 24.4 Å². The van der Waals surface area contributed by atoms with Gasteiger partial charge in [0.2, 0.25) is 10.0 Å². The summed E-state index contributed by atoms with van der Waals surface area (Å²) < 4.78 is 27.6. The Morgan fingerprint density at radius 1 is 1.08 bits per heavy atom. The molecule has 130 valence electrons. The van der Waals surface area contributed by atoms with Crippen molar-refractivity contribution in [1.82, 2.24) is 4.31 Å². The molecule has 1 saturated carbocycles. The first-order valence-corrected chi connectivity index (χ1v) is 9.94. The fraction of sp³-hybridized carbons (Fsp3) is 0.350. The summed E-state index contributed by atoms with van der Waals surface area (Å²) in [6.07, 6.45) is 0. The molecule has 1 aliphatic carbocycles. The predicted octanol–water partition coefficient (Wildman–Crippen LogP) is 2.77. The van der Waals surface area contributed by atoms with Gasteiger partial charge < -0.3 is 0 Å². The average molecular weight is 355 g/mol. The number of rotatable bonds is 4. The van der Waals surface area contributed by atoms with E-state index in [0.29, 0.717) is 18.0 Å². The molecule has 0 unspecified atom stereocenters. The van der Waals surface area contributed by atoms with Crippen molar-refractivity contribution in [2.24, 2.45) is 11.8 Å². The van der Waals surface area contributed by atoms with E-state index < -0.39 is 10.0 Å². The number of benzene rings is 2. The molecule has 0 aromatic heterocycles. The molecule has 1 saturated heterocycles. The van der Waals surface area contributed by atoms with E-state index in [1.54, 1.807) is 23.4 Å². The number of fused-ring (bicyclic) bond motifs is 1. The number of piperidine rings is 1. The first kappa shape index (κ1) is 16.5. The Balaban J connectivity index is 1.69. The fourth-order valence-electron chi connectivity index (χ4n) is 4.50. The van der Waals surface area contributed by atoms with E-state index in [0.717, 1.165) is 11.1 Å². The van der Waals surface area contributed by atoms with Crippen molar-refractivity contribution >= 4 is 15.8 Å². The highest BCUT2D eigenvalue weighted by Gasteiger charge is 2.72. The maximum absolute atomic E-state index is 13.0. The van der Waals surface area contributed by atoms with E-state index in [-0.39, 0.29) is 23.0 Å². The Kier molecular flexibility index (Phi) is 3.63. The predicted molar refractivity (Wildman–Crippen MR) is 95.7 cm³/mol. The van der Waals surface area contributed by atoms with E-state index in [4.69, 9.17) is 0 Å². The highest BCUT2D eigenvalue weighted by Crippen LogP contribution is 2.65. The minimum atomic E-state index is -3.53. The molecule has 0 spiro atoms. The zero-order valence-corrected chi connectivity index (χ0v) is 15.2. The van der Waals surface area contributed by atoms with Crippen LogP contribution < -0.4 is 0 Å². The third-order valence-corrected chi connectivity index (χ3v) is 7.58. The highest BCUT2D eigenvalue weighted by molar-refractivity contribution is 7.89. The highest BCUT2D eigenvalue weighted by atomic mass is 32.2. The lowest BCUT2D eigenvalue weighted by Gasteiger charge is -2.23. The molecule has 3 atom stereocenters. The Bertz CT molecular complexity index is 921. The van der Waals surface area contributed by atoms with Gasteiger partial charge >= 0.3 is 0 Å². The number of hydrogen-bond acceptors (Lipinski definition) is 3. The minimum Gasteiger partial charge on any atom is -0.300 e. The molecule has 4 nitrogen and oxygen atoms in total. The SMILES string of the molecule is CC(=O)[C@H]1[C@@H]2CN(S(=O)(=O)c3ccc(C)cc3)C[C@@]21c1ccccc1. The zero-order valence-electron chi connectivity index (χ0n) is 14.3. The Morgan fingerprint density at radius 2 is 1.72 bits per heavy atom. The Hall–Kier alpha value is -1.98. The Morgan fingerprint density at radius 3 is 2.32 bits per heavy atom. The van der Waals surface area contributed by atoms with Crippen molar-refractivity contribution < 1.29 is 13.2 Å². The number of carbonyl (C=O) groups excluding carboxylic acids is 1. The summed E-state index contributed by atoms with van der Waals surface area (Å²) in [5.41, 5.74) is 1.74. The van der Waals surface area contributed by atoms with E-state index in [2.05, 4.69) is 0 Å². The second-order valence-corrected chi connectivity index (χ2v) is 9.15. The van der Waals surface area contributed by atoms with E-state index in [9.17, 15) is 13.2 Å². The molecule has 0 N–H and O–H groups in total. The van der Waals surface area contributed by atoms with Crippen molar-refractivity contribution in [3.8, 4) is 0 Å². The van der Waals surface area contributed by atoms with Crippen LogP contribution in [0.25, 0.3) is 0 Å². The summed E-state index contributed by atoms with van der Waals surface area (Å²) in [5.74, 6) is 0.160. The molecule has 25 heavy (non-hydrogen) atoms.